The normalized spacial score (nSPS) is 9.85. The van der Waals surface area contributed by atoms with Gasteiger partial charge in [-0.05, 0) is 48.5 Å². The Hall–Kier alpha value is -3.87. The van der Waals surface area contributed by atoms with Crippen LogP contribution in [0.15, 0.2) is 79.1 Å². The number of carbonyl (C=O) groups is 2. The highest BCUT2D eigenvalue weighted by atomic mass is 16.5. The first kappa shape index (κ1) is 17.0. The highest BCUT2D eigenvalue weighted by Crippen LogP contribution is 2.22. The molecule has 0 atom stereocenters. The van der Waals surface area contributed by atoms with Gasteiger partial charge in [-0.25, -0.2) is 10.2 Å². The van der Waals surface area contributed by atoms with Crippen molar-refractivity contribution in [2.75, 3.05) is 5.32 Å². The predicted molar refractivity (Wildman–Crippen MR) is 96.8 cm³/mol. The molecule has 3 N–H and O–H groups in total. The number of nitrogens with zero attached hydrogens (tertiary/aromatic N) is 1. The van der Waals surface area contributed by atoms with Gasteiger partial charge in [0.2, 0.25) is 0 Å². The van der Waals surface area contributed by atoms with E-state index in [1.165, 1.54) is 0 Å². The van der Waals surface area contributed by atoms with Gasteiger partial charge >= 0.3 is 6.03 Å². The van der Waals surface area contributed by atoms with Gasteiger partial charge in [0.15, 0.2) is 0 Å². The summed E-state index contributed by atoms with van der Waals surface area (Å²) in [5, 5.41) is 2.61. The summed E-state index contributed by atoms with van der Waals surface area (Å²) in [5.41, 5.74) is 5.63. The monoisotopic (exact) mass is 348 g/mol. The largest absolute Gasteiger partial charge is 0.457 e. The maximum absolute atomic E-state index is 11.8. The highest BCUT2D eigenvalue weighted by Gasteiger charge is 2.07. The van der Waals surface area contributed by atoms with Crippen LogP contribution < -0.4 is 20.9 Å². The van der Waals surface area contributed by atoms with Crippen LogP contribution in [0.5, 0.6) is 11.5 Å². The van der Waals surface area contributed by atoms with E-state index in [1.807, 2.05) is 0 Å². The first-order valence-electron chi connectivity index (χ1n) is 7.81. The van der Waals surface area contributed by atoms with E-state index in [4.69, 9.17) is 4.74 Å². The van der Waals surface area contributed by atoms with Gasteiger partial charge < -0.3 is 10.1 Å². The molecule has 2 aromatic carbocycles. The van der Waals surface area contributed by atoms with E-state index in [9.17, 15) is 9.59 Å². The van der Waals surface area contributed by atoms with E-state index in [2.05, 4.69) is 21.2 Å². The molecule has 7 heteroatoms. The van der Waals surface area contributed by atoms with Crippen LogP contribution in [0.4, 0.5) is 10.5 Å². The number of pyridine rings is 1. The standard InChI is InChI=1S/C19H16N4O3/c24-18(14-4-2-1-3-5-14)22-23-19(25)21-15-6-8-16(9-7-15)26-17-10-12-20-13-11-17/h1-13H,(H,22,24)(H2,21,23,25). The van der Waals surface area contributed by atoms with Crippen molar-refractivity contribution in [3.63, 3.8) is 0 Å². The number of rotatable bonds is 4. The molecule has 0 spiro atoms. The summed E-state index contributed by atoms with van der Waals surface area (Å²) in [7, 11) is 0. The molecule has 0 unspecified atom stereocenters. The van der Waals surface area contributed by atoms with Gasteiger partial charge in [0.1, 0.15) is 11.5 Å². The summed E-state index contributed by atoms with van der Waals surface area (Å²) >= 11 is 0. The van der Waals surface area contributed by atoms with Crippen LogP contribution >= 0.6 is 0 Å². The molecule has 0 aliphatic heterocycles. The molecule has 1 heterocycles. The number of ether oxygens (including phenoxy) is 1. The molecule has 0 radical (unpaired) electrons. The number of anilines is 1. The summed E-state index contributed by atoms with van der Waals surface area (Å²) in [6.45, 7) is 0. The second kappa shape index (κ2) is 8.29. The van der Waals surface area contributed by atoms with Crippen molar-refractivity contribution in [3.8, 4) is 11.5 Å². The number of urea groups is 1. The fourth-order valence-corrected chi connectivity index (χ4v) is 2.09. The number of hydrogen-bond donors (Lipinski definition) is 3. The van der Waals surface area contributed by atoms with Crippen LogP contribution in [0.3, 0.4) is 0 Å². The maximum atomic E-state index is 11.8. The first-order chi connectivity index (χ1) is 12.7. The lowest BCUT2D eigenvalue weighted by atomic mass is 10.2. The molecule has 0 bridgehead atoms. The summed E-state index contributed by atoms with van der Waals surface area (Å²) in [5.74, 6) is 0.892. The smallest absolute Gasteiger partial charge is 0.337 e. The van der Waals surface area contributed by atoms with E-state index in [1.54, 1.807) is 79.1 Å². The summed E-state index contributed by atoms with van der Waals surface area (Å²) in [6.07, 6.45) is 3.28. The Bertz CT molecular complexity index is 868. The molecule has 0 aliphatic carbocycles. The number of nitrogens with one attached hydrogen (secondary N) is 3. The fraction of sp³-hybridized carbons (Fsp3) is 0. The van der Waals surface area contributed by atoms with Crippen LogP contribution in [0.1, 0.15) is 10.4 Å². The topological polar surface area (TPSA) is 92.4 Å². The van der Waals surface area contributed by atoms with Gasteiger partial charge in [0.05, 0.1) is 0 Å². The molecule has 0 aliphatic rings. The lowest BCUT2D eigenvalue weighted by molar-refractivity contribution is 0.0938. The van der Waals surface area contributed by atoms with Crippen molar-refractivity contribution in [2.24, 2.45) is 0 Å². The van der Waals surface area contributed by atoms with Gasteiger partial charge in [-0.15, -0.1) is 0 Å². The van der Waals surface area contributed by atoms with E-state index >= 15 is 0 Å². The Morgan fingerprint density at radius 1 is 0.769 bits per heavy atom. The Morgan fingerprint density at radius 2 is 1.42 bits per heavy atom. The minimum atomic E-state index is -0.558. The third-order valence-corrected chi connectivity index (χ3v) is 3.32. The molecule has 3 rings (SSSR count). The van der Waals surface area contributed by atoms with Gasteiger partial charge in [0, 0.05) is 23.6 Å². The molecule has 3 aromatic rings. The zero-order valence-corrected chi connectivity index (χ0v) is 13.7. The molecule has 0 fully saturated rings. The minimum Gasteiger partial charge on any atom is -0.457 e. The predicted octanol–water partition coefficient (Wildman–Crippen LogP) is 3.34. The molecule has 0 saturated carbocycles. The van der Waals surface area contributed by atoms with Crippen molar-refractivity contribution < 1.29 is 14.3 Å². The molecular formula is C19H16N4O3. The minimum absolute atomic E-state index is 0.401. The second-order valence-corrected chi connectivity index (χ2v) is 5.21. The highest BCUT2D eigenvalue weighted by molar-refractivity contribution is 5.97. The molecule has 7 nitrogen and oxygen atoms in total. The quantitative estimate of drug-likeness (QED) is 0.631. The molecule has 0 saturated heterocycles. The Morgan fingerprint density at radius 3 is 2.12 bits per heavy atom. The van der Waals surface area contributed by atoms with Crippen molar-refractivity contribution in [1.29, 1.82) is 0 Å². The molecule has 26 heavy (non-hydrogen) atoms. The molecule has 3 amide bonds. The van der Waals surface area contributed by atoms with Gasteiger partial charge in [-0.1, -0.05) is 18.2 Å². The van der Waals surface area contributed by atoms with Crippen LogP contribution in [0, 0.1) is 0 Å². The van der Waals surface area contributed by atoms with Gasteiger partial charge in [-0.2, -0.15) is 0 Å². The third kappa shape index (κ3) is 4.81. The van der Waals surface area contributed by atoms with Crippen molar-refractivity contribution in [2.45, 2.75) is 0 Å². The van der Waals surface area contributed by atoms with Gasteiger partial charge in [-0.3, -0.25) is 15.2 Å². The average molecular weight is 348 g/mol. The SMILES string of the molecule is O=C(NNC(=O)c1ccccc1)Nc1ccc(Oc2ccncc2)cc1. The molecular weight excluding hydrogens is 332 g/mol. The summed E-state index contributed by atoms with van der Waals surface area (Å²) < 4.78 is 5.64. The van der Waals surface area contributed by atoms with Gasteiger partial charge in [0.25, 0.3) is 5.91 Å². The Kier molecular flexibility index (Phi) is 5.41. The summed E-state index contributed by atoms with van der Waals surface area (Å²) in [6, 6.07) is 18.3. The number of hydrazine groups is 1. The number of hydrogen-bond acceptors (Lipinski definition) is 4. The fourth-order valence-electron chi connectivity index (χ4n) is 2.09. The zero-order valence-electron chi connectivity index (χ0n) is 13.7. The number of carbonyl (C=O) groups excluding carboxylic acids is 2. The van der Waals surface area contributed by atoms with Crippen molar-refractivity contribution >= 4 is 17.6 Å². The van der Waals surface area contributed by atoms with Crippen LogP contribution in [-0.2, 0) is 0 Å². The lowest BCUT2D eigenvalue weighted by Gasteiger charge is -2.10. The first-order valence-corrected chi connectivity index (χ1v) is 7.81. The summed E-state index contributed by atoms with van der Waals surface area (Å²) in [4.78, 5) is 27.6. The van der Waals surface area contributed by atoms with Crippen molar-refractivity contribution in [1.82, 2.24) is 15.8 Å². The lowest BCUT2D eigenvalue weighted by Crippen LogP contribution is -2.43. The average Bonchev–Trinajstić information content (AvgIpc) is 2.69. The van der Waals surface area contributed by atoms with E-state index in [-0.39, 0.29) is 0 Å². The van der Waals surface area contributed by atoms with E-state index < -0.39 is 11.9 Å². The van der Waals surface area contributed by atoms with Crippen LogP contribution in [0.25, 0.3) is 0 Å². The third-order valence-electron chi connectivity index (χ3n) is 3.32. The Balaban J connectivity index is 1.49. The van der Waals surface area contributed by atoms with E-state index in [0.29, 0.717) is 22.7 Å². The maximum Gasteiger partial charge on any atom is 0.337 e. The second-order valence-electron chi connectivity index (χ2n) is 5.21. The zero-order chi connectivity index (χ0) is 18.2. The number of aromatic nitrogens is 1. The molecule has 1 aromatic heterocycles. The van der Waals surface area contributed by atoms with Crippen molar-refractivity contribution in [3.05, 3.63) is 84.7 Å². The molecule has 130 valence electrons. The van der Waals surface area contributed by atoms with Crippen LogP contribution in [-0.4, -0.2) is 16.9 Å². The number of amides is 3. The van der Waals surface area contributed by atoms with Crippen LogP contribution in [0.2, 0.25) is 0 Å². The van der Waals surface area contributed by atoms with E-state index in [0.717, 1.165) is 0 Å². The number of benzene rings is 2. The Labute approximate surface area is 150 Å².